The second-order valence-corrected chi connectivity index (χ2v) is 6.08. The fraction of sp³-hybridized carbons (Fsp3) is 0.300. The maximum atomic E-state index is 6.25. The molecule has 1 heterocycles. The van der Waals surface area contributed by atoms with Crippen LogP contribution >= 0.6 is 0 Å². The van der Waals surface area contributed by atoms with Gasteiger partial charge in [-0.1, -0.05) is 66.7 Å². The van der Waals surface area contributed by atoms with Crippen LogP contribution in [0.1, 0.15) is 43.1 Å². The Morgan fingerprint density at radius 2 is 1.65 bits per heavy atom. The van der Waals surface area contributed by atoms with Crippen LogP contribution in [-0.4, -0.2) is 5.79 Å². The number of benzene rings is 2. The summed E-state index contributed by atoms with van der Waals surface area (Å²) in [5.41, 5.74) is 3.31. The van der Waals surface area contributed by atoms with Gasteiger partial charge < -0.3 is 4.74 Å². The van der Waals surface area contributed by atoms with Gasteiger partial charge in [0.1, 0.15) is 0 Å². The highest BCUT2D eigenvalue weighted by Crippen LogP contribution is 2.46. The zero-order valence-electron chi connectivity index (χ0n) is 13.0. The Morgan fingerprint density at radius 3 is 2.43 bits per heavy atom. The molecular formula is C20H20O3. The van der Waals surface area contributed by atoms with E-state index in [1.165, 1.54) is 5.56 Å². The van der Waals surface area contributed by atoms with Crippen LogP contribution < -0.4 is 0 Å². The molecular weight excluding hydrogens is 288 g/mol. The SMILES string of the molecule is C(=C1/CCCCC12OOC(c1ccccc1)O2)/c1ccccc1. The van der Waals surface area contributed by atoms with Crippen molar-refractivity contribution in [2.45, 2.75) is 37.8 Å². The third-order valence-corrected chi connectivity index (χ3v) is 4.47. The lowest BCUT2D eigenvalue weighted by atomic mass is 9.87. The van der Waals surface area contributed by atoms with Crippen LogP contribution in [0.3, 0.4) is 0 Å². The van der Waals surface area contributed by atoms with Gasteiger partial charge in [0.25, 0.3) is 0 Å². The van der Waals surface area contributed by atoms with E-state index in [-0.39, 0.29) is 0 Å². The zero-order chi connectivity index (χ0) is 15.5. The highest BCUT2D eigenvalue weighted by atomic mass is 17.3. The summed E-state index contributed by atoms with van der Waals surface area (Å²) >= 11 is 0. The van der Waals surface area contributed by atoms with Gasteiger partial charge in [0.05, 0.1) is 0 Å². The Labute approximate surface area is 136 Å². The first-order chi connectivity index (χ1) is 11.4. The van der Waals surface area contributed by atoms with Crippen LogP contribution in [0, 0.1) is 0 Å². The molecule has 0 radical (unpaired) electrons. The topological polar surface area (TPSA) is 27.7 Å². The molecule has 2 unspecified atom stereocenters. The number of hydrogen-bond acceptors (Lipinski definition) is 3. The van der Waals surface area contributed by atoms with E-state index < -0.39 is 12.1 Å². The zero-order valence-corrected chi connectivity index (χ0v) is 13.0. The van der Waals surface area contributed by atoms with Crippen molar-refractivity contribution >= 4 is 6.08 Å². The molecule has 2 fully saturated rings. The highest BCUT2D eigenvalue weighted by molar-refractivity contribution is 5.55. The fourth-order valence-electron chi connectivity index (χ4n) is 3.25. The lowest BCUT2D eigenvalue weighted by molar-refractivity contribution is -0.324. The smallest absolute Gasteiger partial charge is 0.226 e. The molecule has 1 saturated carbocycles. The summed E-state index contributed by atoms with van der Waals surface area (Å²) in [7, 11) is 0. The van der Waals surface area contributed by atoms with E-state index in [1.54, 1.807) is 0 Å². The summed E-state index contributed by atoms with van der Waals surface area (Å²) < 4.78 is 6.25. The Morgan fingerprint density at radius 1 is 0.913 bits per heavy atom. The maximum absolute atomic E-state index is 6.25. The van der Waals surface area contributed by atoms with Gasteiger partial charge in [-0.2, -0.15) is 9.78 Å². The Bertz CT molecular complexity index is 681. The average Bonchev–Trinajstić information content (AvgIpc) is 3.04. The number of ether oxygens (including phenoxy) is 1. The van der Waals surface area contributed by atoms with Crippen molar-refractivity contribution in [3.63, 3.8) is 0 Å². The van der Waals surface area contributed by atoms with Gasteiger partial charge in [-0.3, -0.25) is 0 Å². The van der Waals surface area contributed by atoms with E-state index in [2.05, 4.69) is 18.2 Å². The van der Waals surface area contributed by atoms with E-state index in [9.17, 15) is 0 Å². The largest absolute Gasteiger partial charge is 0.307 e. The number of hydrogen-bond donors (Lipinski definition) is 0. The van der Waals surface area contributed by atoms with E-state index in [0.717, 1.165) is 36.8 Å². The van der Waals surface area contributed by atoms with Crippen LogP contribution in [0.2, 0.25) is 0 Å². The molecule has 3 heteroatoms. The molecule has 118 valence electrons. The van der Waals surface area contributed by atoms with Gasteiger partial charge in [0, 0.05) is 12.0 Å². The highest BCUT2D eigenvalue weighted by Gasteiger charge is 2.48. The normalized spacial score (nSPS) is 29.2. The fourth-order valence-corrected chi connectivity index (χ4v) is 3.25. The Kier molecular flexibility index (Phi) is 4.00. The van der Waals surface area contributed by atoms with E-state index in [4.69, 9.17) is 14.5 Å². The molecule has 2 atom stereocenters. The molecule has 2 aromatic rings. The minimum atomic E-state index is -0.741. The summed E-state index contributed by atoms with van der Waals surface area (Å²) in [6, 6.07) is 20.2. The maximum Gasteiger partial charge on any atom is 0.226 e. The summed E-state index contributed by atoms with van der Waals surface area (Å²) in [6.45, 7) is 0. The second-order valence-electron chi connectivity index (χ2n) is 6.08. The Balaban J connectivity index is 1.62. The minimum absolute atomic E-state index is 0.464. The van der Waals surface area contributed by atoms with Crippen LogP contribution in [0.4, 0.5) is 0 Å². The predicted octanol–water partition coefficient (Wildman–Crippen LogP) is 5.02. The molecule has 1 saturated heterocycles. The lowest BCUT2D eigenvalue weighted by Gasteiger charge is -2.32. The average molecular weight is 308 g/mol. The van der Waals surface area contributed by atoms with Gasteiger partial charge in [-0.15, -0.1) is 0 Å². The van der Waals surface area contributed by atoms with Crippen molar-refractivity contribution in [2.75, 3.05) is 0 Å². The molecule has 2 aliphatic rings. The molecule has 0 N–H and O–H groups in total. The van der Waals surface area contributed by atoms with E-state index in [1.807, 2.05) is 48.5 Å². The molecule has 2 aromatic carbocycles. The summed E-state index contributed by atoms with van der Waals surface area (Å²) in [5.74, 6) is -0.741. The molecule has 4 rings (SSSR count). The predicted molar refractivity (Wildman–Crippen MR) is 88.1 cm³/mol. The monoisotopic (exact) mass is 308 g/mol. The summed E-state index contributed by atoms with van der Waals surface area (Å²) in [4.78, 5) is 11.3. The standard InChI is InChI=1S/C20H20O3/c1-3-9-16(10-4-1)15-18-13-7-8-14-20(18)21-19(22-23-20)17-11-5-2-6-12-17/h1-6,9-12,15,19H,7-8,13-14H2/b18-15+. The molecule has 1 aliphatic heterocycles. The quantitative estimate of drug-likeness (QED) is 0.729. The third-order valence-electron chi connectivity index (χ3n) is 4.47. The van der Waals surface area contributed by atoms with Crippen molar-refractivity contribution in [2.24, 2.45) is 0 Å². The van der Waals surface area contributed by atoms with Crippen molar-refractivity contribution in [1.82, 2.24) is 0 Å². The van der Waals surface area contributed by atoms with Crippen LogP contribution in [0.25, 0.3) is 6.08 Å². The molecule has 23 heavy (non-hydrogen) atoms. The van der Waals surface area contributed by atoms with Crippen molar-refractivity contribution in [1.29, 1.82) is 0 Å². The first kappa shape index (κ1) is 14.6. The van der Waals surface area contributed by atoms with Crippen LogP contribution in [0.15, 0.2) is 66.2 Å². The third kappa shape index (κ3) is 2.95. The molecule has 0 amide bonds. The van der Waals surface area contributed by atoms with Crippen molar-refractivity contribution < 1.29 is 14.5 Å². The summed E-state index contributed by atoms with van der Waals surface area (Å²) in [6.07, 6.45) is 5.75. The van der Waals surface area contributed by atoms with Gasteiger partial charge >= 0.3 is 0 Å². The van der Waals surface area contributed by atoms with E-state index in [0.29, 0.717) is 0 Å². The second kappa shape index (κ2) is 6.28. The molecule has 3 nitrogen and oxygen atoms in total. The first-order valence-corrected chi connectivity index (χ1v) is 8.19. The van der Waals surface area contributed by atoms with Gasteiger partial charge in [0.2, 0.25) is 12.1 Å². The summed E-state index contributed by atoms with van der Waals surface area (Å²) in [5, 5.41) is 0. The van der Waals surface area contributed by atoms with Gasteiger partial charge in [-0.25, -0.2) is 0 Å². The van der Waals surface area contributed by atoms with Crippen LogP contribution in [-0.2, 0) is 14.5 Å². The molecule has 0 bridgehead atoms. The Hall–Kier alpha value is -1.94. The molecule has 1 spiro atoms. The van der Waals surface area contributed by atoms with Crippen LogP contribution in [0.5, 0.6) is 0 Å². The molecule has 1 aliphatic carbocycles. The number of rotatable bonds is 2. The lowest BCUT2D eigenvalue weighted by Crippen LogP contribution is -2.35. The van der Waals surface area contributed by atoms with Crippen molar-refractivity contribution in [3.05, 3.63) is 77.4 Å². The van der Waals surface area contributed by atoms with Gasteiger partial charge in [0.15, 0.2) is 0 Å². The van der Waals surface area contributed by atoms with Gasteiger partial charge in [-0.05, 0) is 30.4 Å². The van der Waals surface area contributed by atoms with E-state index >= 15 is 0 Å². The molecule has 0 aromatic heterocycles. The first-order valence-electron chi connectivity index (χ1n) is 8.19. The minimum Gasteiger partial charge on any atom is -0.307 e. The van der Waals surface area contributed by atoms with Crippen molar-refractivity contribution in [3.8, 4) is 0 Å².